The number of halogens is 3. The largest absolute Gasteiger partial charge is 0.446 e. The van der Waals surface area contributed by atoms with Crippen LogP contribution >= 0.6 is 11.8 Å². The molecule has 1 aliphatic rings. The van der Waals surface area contributed by atoms with Crippen molar-refractivity contribution in [1.29, 1.82) is 0 Å². The second-order valence-corrected chi connectivity index (χ2v) is 6.05. The highest BCUT2D eigenvalue weighted by molar-refractivity contribution is 8.00. The Morgan fingerprint density at radius 2 is 2.00 bits per heavy atom. The summed E-state index contributed by atoms with van der Waals surface area (Å²) in [5.41, 5.74) is -3.08. The number of rotatable bonds is 7. The molecule has 0 heterocycles. The van der Waals surface area contributed by atoms with Gasteiger partial charge in [-0.1, -0.05) is 12.1 Å². The number of hydrogen-bond donors (Lipinski definition) is 1. The second-order valence-electron chi connectivity index (χ2n) is 4.92. The molecule has 2 rings (SSSR count). The van der Waals surface area contributed by atoms with Crippen LogP contribution in [0.25, 0.3) is 0 Å². The van der Waals surface area contributed by atoms with E-state index in [9.17, 15) is 13.2 Å². The van der Waals surface area contributed by atoms with Crippen molar-refractivity contribution >= 4 is 11.8 Å². The second kappa shape index (κ2) is 6.83. The molecule has 112 valence electrons. The highest BCUT2D eigenvalue weighted by Crippen LogP contribution is 2.47. The topological polar surface area (TPSA) is 21.3 Å². The molecule has 2 unspecified atom stereocenters. The Morgan fingerprint density at radius 3 is 2.60 bits per heavy atom. The molecule has 0 radical (unpaired) electrons. The summed E-state index contributed by atoms with van der Waals surface area (Å²) in [5.74, 6) is 1.07. The van der Waals surface area contributed by atoms with Gasteiger partial charge in [0.15, 0.2) is 0 Å². The molecule has 1 aromatic carbocycles. The van der Waals surface area contributed by atoms with Crippen molar-refractivity contribution in [3.8, 4) is 0 Å². The molecule has 0 saturated heterocycles. The van der Waals surface area contributed by atoms with E-state index in [2.05, 4.69) is 5.32 Å². The van der Waals surface area contributed by atoms with Crippen molar-refractivity contribution in [2.75, 3.05) is 26.8 Å². The van der Waals surface area contributed by atoms with Crippen LogP contribution in [0.5, 0.6) is 0 Å². The van der Waals surface area contributed by atoms with Crippen LogP contribution < -0.4 is 5.32 Å². The minimum Gasteiger partial charge on any atom is -0.383 e. The Labute approximate surface area is 121 Å². The van der Waals surface area contributed by atoms with Crippen LogP contribution in [0.3, 0.4) is 0 Å². The Morgan fingerprint density at radius 1 is 1.30 bits per heavy atom. The summed E-state index contributed by atoms with van der Waals surface area (Å²) < 4.78 is 41.6. The summed E-state index contributed by atoms with van der Waals surface area (Å²) in [6.45, 7) is 2.47. The lowest BCUT2D eigenvalue weighted by Crippen LogP contribution is -2.21. The lowest BCUT2D eigenvalue weighted by atomic mass is 10.1. The third kappa shape index (κ3) is 5.00. The molecule has 1 aromatic rings. The maximum atomic E-state index is 12.2. The van der Waals surface area contributed by atoms with Gasteiger partial charge in [-0.2, -0.15) is 13.2 Å². The van der Waals surface area contributed by atoms with Crippen LogP contribution in [-0.4, -0.2) is 32.3 Å². The highest BCUT2D eigenvalue weighted by atomic mass is 32.2. The van der Waals surface area contributed by atoms with Gasteiger partial charge in [-0.3, -0.25) is 0 Å². The molecule has 1 saturated carbocycles. The van der Waals surface area contributed by atoms with Gasteiger partial charge in [0.2, 0.25) is 0 Å². The first kappa shape index (κ1) is 15.7. The van der Waals surface area contributed by atoms with E-state index in [0.717, 1.165) is 25.1 Å². The Kier molecular flexibility index (Phi) is 5.35. The summed E-state index contributed by atoms with van der Waals surface area (Å²) in [6.07, 6.45) is 1.10. The molecule has 0 aliphatic heterocycles. The normalized spacial score (nSPS) is 22.0. The van der Waals surface area contributed by atoms with E-state index in [1.807, 2.05) is 12.1 Å². The summed E-state index contributed by atoms with van der Waals surface area (Å²) in [6, 6.07) is 6.74. The molecule has 1 N–H and O–H groups in total. The summed E-state index contributed by atoms with van der Waals surface area (Å²) in [5, 5.41) is 3.31. The number of alkyl halides is 3. The Balaban J connectivity index is 1.77. The summed E-state index contributed by atoms with van der Waals surface area (Å²) >= 11 is -0.0645. The maximum absolute atomic E-state index is 12.2. The minimum atomic E-state index is -4.21. The molecule has 1 aliphatic carbocycles. The predicted molar refractivity (Wildman–Crippen MR) is 73.9 cm³/mol. The summed E-state index contributed by atoms with van der Waals surface area (Å²) in [7, 11) is 1.67. The average Bonchev–Trinajstić information content (AvgIpc) is 3.13. The zero-order chi connectivity index (χ0) is 14.6. The van der Waals surface area contributed by atoms with Gasteiger partial charge in [-0.25, -0.2) is 0 Å². The standard InChI is InChI=1S/C14H18F3NOS/c1-19-7-6-18-9-11-8-13(11)10-2-4-12(5-3-10)20-14(15,16)17/h2-5,11,13,18H,6-9H2,1H3. The van der Waals surface area contributed by atoms with Crippen LogP contribution in [0.1, 0.15) is 17.9 Å². The fraction of sp³-hybridized carbons (Fsp3) is 0.571. The molecular weight excluding hydrogens is 287 g/mol. The molecular formula is C14H18F3NOS. The lowest BCUT2D eigenvalue weighted by molar-refractivity contribution is -0.0328. The van der Waals surface area contributed by atoms with Crippen molar-refractivity contribution < 1.29 is 17.9 Å². The van der Waals surface area contributed by atoms with Crippen molar-refractivity contribution in [3.63, 3.8) is 0 Å². The first-order chi connectivity index (χ1) is 9.49. The number of hydrogen-bond acceptors (Lipinski definition) is 3. The minimum absolute atomic E-state index is 0.0645. The smallest absolute Gasteiger partial charge is 0.383 e. The molecule has 0 spiro atoms. The number of nitrogens with one attached hydrogen (secondary N) is 1. The average molecular weight is 305 g/mol. The quantitative estimate of drug-likeness (QED) is 0.614. The van der Waals surface area contributed by atoms with E-state index in [1.165, 1.54) is 0 Å². The fourth-order valence-corrected chi connectivity index (χ4v) is 2.80. The van der Waals surface area contributed by atoms with Crippen molar-refractivity contribution in [3.05, 3.63) is 29.8 Å². The first-order valence-electron chi connectivity index (χ1n) is 6.55. The van der Waals surface area contributed by atoms with Crippen molar-refractivity contribution in [1.82, 2.24) is 5.32 Å². The van der Waals surface area contributed by atoms with E-state index in [-0.39, 0.29) is 16.7 Å². The first-order valence-corrected chi connectivity index (χ1v) is 7.36. The zero-order valence-corrected chi connectivity index (χ0v) is 12.1. The van der Waals surface area contributed by atoms with Gasteiger partial charge in [0.25, 0.3) is 0 Å². The lowest BCUT2D eigenvalue weighted by Gasteiger charge is -2.07. The molecule has 2 nitrogen and oxygen atoms in total. The molecule has 0 aromatic heterocycles. The third-order valence-corrected chi connectivity index (χ3v) is 4.09. The van der Waals surface area contributed by atoms with E-state index in [4.69, 9.17) is 4.74 Å². The van der Waals surface area contributed by atoms with Gasteiger partial charge in [0, 0.05) is 18.6 Å². The molecule has 0 bridgehead atoms. The predicted octanol–water partition coefficient (Wildman–Crippen LogP) is 3.64. The van der Waals surface area contributed by atoms with Crippen LogP contribution in [0.15, 0.2) is 29.2 Å². The van der Waals surface area contributed by atoms with E-state index < -0.39 is 5.51 Å². The monoisotopic (exact) mass is 305 g/mol. The zero-order valence-electron chi connectivity index (χ0n) is 11.2. The van der Waals surface area contributed by atoms with Crippen LogP contribution in [0.4, 0.5) is 13.2 Å². The number of ether oxygens (including phenoxy) is 1. The molecule has 0 amide bonds. The third-order valence-electron chi connectivity index (χ3n) is 3.35. The number of benzene rings is 1. The van der Waals surface area contributed by atoms with E-state index >= 15 is 0 Å². The molecule has 6 heteroatoms. The van der Waals surface area contributed by atoms with Gasteiger partial charge >= 0.3 is 5.51 Å². The molecule has 20 heavy (non-hydrogen) atoms. The number of thioether (sulfide) groups is 1. The SMILES string of the molecule is COCCNCC1CC1c1ccc(SC(F)(F)F)cc1. The van der Waals surface area contributed by atoms with E-state index in [1.54, 1.807) is 19.2 Å². The van der Waals surface area contributed by atoms with Gasteiger partial charge in [-0.15, -0.1) is 0 Å². The Hall–Kier alpha value is -0.720. The van der Waals surface area contributed by atoms with Crippen LogP contribution in [0, 0.1) is 5.92 Å². The maximum Gasteiger partial charge on any atom is 0.446 e. The fourth-order valence-electron chi connectivity index (χ4n) is 2.26. The van der Waals surface area contributed by atoms with Crippen LogP contribution in [0.2, 0.25) is 0 Å². The van der Waals surface area contributed by atoms with Gasteiger partial charge in [0.05, 0.1) is 6.61 Å². The van der Waals surface area contributed by atoms with Gasteiger partial charge in [0.1, 0.15) is 0 Å². The summed E-state index contributed by atoms with van der Waals surface area (Å²) in [4.78, 5) is 0.247. The molecule has 1 fully saturated rings. The molecule has 2 atom stereocenters. The number of methoxy groups -OCH3 is 1. The van der Waals surface area contributed by atoms with Crippen molar-refractivity contribution in [2.45, 2.75) is 22.7 Å². The van der Waals surface area contributed by atoms with Crippen molar-refractivity contribution in [2.24, 2.45) is 5.92 Å². The Bertz CT molecular complexity index is 421. The van der Waals surface area contributed by atoms with E-state index in [0.29, 0.717) is 18.4 Å². The van der Waals surface area contributed by atoms with Gasteiger partial charge in [-0.05, 0) is 54.3 Å². The highest BCUT2D eigenvalue weighted by Gasteiger charge is 2.37. The van der Waals surface area contributed by atoms with Gasteiger partial charge < -0.3 is 10.1 Å². The van der Waals surface area contributed by atoms with Crippen LogP contribution in [-0.2, 0) is 4.74 Å².